The number of carbonyl (C=O) groups is 3. The summed E-state index contributed by atoms with van der Waals surface area (Å²) < 4.78 is 42.5. The Morgan fingerprint density at radius 1 is 1.17 bits per heavy atom. The van der Waals surface area contributed by atoms with Crippen LogP contribution in [0.25, 0.3) is 10.2 Å². The van der Waals surface area contributed by atoms with Crippen molar-refractivity contribution in [2.24, 2.45) is 4.99 Å². The predicted molar refractivity (Wildman–Crippen MR) is 131 cm³/mol. The van der Waals surface area contributed by atoms with Crippen LogP contribution in [0.3, 0.4) is 0 Å². The number of ether oxygens (including phenoxy) is 2. The van der Waals surface area contributed by atoms with E-state index in [0.717, 1.165) is 11.3 Å². The highest BCUT2D eigenvalue weighted by Gasteiger charge is 2.22. The Balaban J connectivity index is 1.83. The van der Waals surface area contributed by atoms with Crippen LogP contribution in [0.2, 0.25) is 0 Å². The molecule has 1 N–H and O–H groups in total. The van der Waals surface area contributed by atoms with Crippen LogP contribution in [0.5, 0.6) is 0 Å². The van der Waals surface area contributed by atoms with Gasteiger partial charge in [-0.1, -0.05) is 16.5 Å². The molecule has 3 rings (SSSR count). The van der Waals surface area contributed by atoms with E-state index in [9.17, 15) is 22.8 Å². The van der Waals surface area contributed by atoms with Crippen molar-refractivity contribution in [1.82, 2.24) is 9.72 Å². The number of sulfone groups is 1. The number of hydrogen-bond acceptors (Lipinski definition) is 10. The number of esters is 1. The molecule has 0 aliphatic heterocycles. The summed E-state index contributed by atoms with van der Waals surface area (Å²) in [5, 5.41) is 5.87. The maximum atomic E-state index is 12.6. The number of rotatable bonds is 11. The van der Waals surface area contributed by atoms with Crippen LogP contribution in [-0.2, 0) is 35.4 Å². The van der Waals surface area contributed by atoms with Crippen LogP contribution >= 0.6 is 11.3 Å². The second-order valence-electron chi connectivity index (χ2n) is 7.54. The molecule has 0 fully saturated rings. The van der Waals surface area contributed by atoms with Crippen molar-refractivity contribution in [2.45, 2.75) is 27.3 Å². The van der Waals surface area contributed by atoms with Gasteiger partial charge in [0.15, 0.2) is 20.5 Å². The molecule has 0 atom stereocenters. The molecule has 194 valence electrons. The van der Waals surface area contributed by atoms with Gasteiger partial charge in [-0.05, 0) is 39.0 Å². The van der Waals surface area contributed by atoms with Gasteiger partial charge in [0.1, 0.15) is 17.3 Å². The predicted octanol–water partition coefficient (Wildman–Crippen LogP) is 1.69. The molecule has 2 aromatic heterocycles. The zero-order valence-electron chi connectivity index (χ0n) is 20.0. The number of carbonyl (C=O) groups excluding carboxylic acids is 3. The van der Waals surface area contributed by atoms with Gasteiger partial charge in [-0.2, -0.15) is 4.99 Å². The first-order chi connectivity index (χ1) is 17.1. The quantitative estimate of drug-likeness (QED) is 0.283. The summed E-state index contributed by atoms with van der Waals surface area (Å²) >= 11 is 1.12. The summed E-state index contributed by atoms with van der Waals surface area (Å²) in [6, 6.07) is 6.38. The van der Waals surface area contributed by atoms with E-state index in [2.05, 4.69) is 15.5 Å². The van der Waals surface area contributed by atoms with Crippen LogP contribution < -0.4 is 10.1 Å². The first kappa shape index (κ1) is 27.2. The summed E-state index contributed by atoms with van der Waals surface area (Å²) in [5.74, 6) is -3.61. The van der Waals surface area contributed by atoms with Crippen molar-refractivity contribution in [1.29, 1.82) is 0 Å². The van der Waals surface area contributed by atoms with Gasteiger partial charge in [0, 0.05) is 19.2 Å². The number of thiazole rings is 1. The van der Waals surface area contributed by atoms with Gasteiger partial charge in [0.25, 0.3) is 5.91 Å². The topological polar surface area (TPSA) is 159 Å². The number of nitrogens with zero attached hydrogens (tertiary/aromatic N) is 3. The van der Waals surface area contributed by atoms with Crippen molar-refractivity contribution in [3.8, 4) is 0 Å². The van der Waals surface area contributed by atoms with Crippen LogP contribution in [0.15, 0.2) is 33.8 Å². The normalized spacial score (nSPS) is 12.1. The first-order valence-corrected chi connectivity index (χ1v) is 13.6. The number of aryl methyl sites for hydroxylation is 1. The number of amides is 2. The second kappa shape index (κ2) is 12.1. The van der Waals surface area contributed by atoms with Crippen LogP contribution in [0, 0.1) is 6.92 Å². The Labute approximate surface area is 210 Å². The molecule has 0 bridgehead atoms. The summed E-state index contributed by atoms with van der Waals surface area (Å²) in [6.07, 6.45) is 0. The lowest BCUT2D eigenvalue weighted by atomic mass is 10.2. The molecule has 1 aromatic carbocycles. The molecule has 0 unspecified atom stereocenters. The van der Waals surface area contributed by atoms with E-state index in [4.69, 9.17) is 14.0 Å². The zero-order chi connectivity index (χ0) is 26.3. The monoisotopic (exact) mass is 538 g/mol. The molecule has 0 aliphatic carbocycles. The van der Waals surface area contributed by atoms with Crippen LogP contribution in [0.4, 0.5) is 5.82 Å². The maximum absolute atomic E-state index is 12.6. The highest BCUT2D eigenvalue weighted by molar-refractivity contribution is 7.92. The van der Waals surface area contributed by atoms with Gasteiger partial charge >= 0.3 is 5.97 Å². The summed E-state index contributed by atoms with van der Waals surface area (Å²) in [5.41, 5.74) is 1.04. The molecular formula is C22H26N4O8S2. The van der Waals surface area contributed by atoms with E-state index >= 15 is 0 Å². The number of anilines is 1. The van der Waals surface area contributed by atoms with Crippen molar-refractivity contribution in [3.63, 3.8) is 0 Å². The lowest BCUT2D eigenvalue weighted by Crippen LogP contribution is -2.28. The fraction of sp³-hybridized carbons (Fsp3) is 0.409. The Kier molecular flexibility index (Phi) is 9.12. The average molecular weight is 539 g/mol. The third-order valence-corrected chi connectivity index (χ3v) is 7.10. The molecule has 0 radical (unpaired) electrons. The minimum Gasteiger partial charge on any atom is -0.462 e. The Bertz CT molecular complexity index is 1440. The van der Waals surface area contributed by atoms with Gasteiger partial charge in [-0.25, -0.2) is 13.2 Å². The number of aromatic nitrogens is 2. The highest BCUT2D eigenvalue weighted by atomic mass is 32.2. The third-order valence-electron chi connectivity index (χ3n) is 4.67. The molecule has 2 heterocycles. The lowest BCUT2D eigenvalue weighted by molar-refractivity contribution is -0.115. The van der Waals surface area contributed by atoms with E-state index in [0.29, 0.717) is 41.3 Å². The maximum Gasteiger partial charge on any atom is 0.338 e. The molecule has 14 heteroatoms. The van der Waals surface area contributed by atoms with Crippen molar-refractivity contribution in [3.05, 3.63) is 40.4 Å². The van der Waals surface area contributed by atoms with E-state index in [-0.39, 0.29) is 17.2 Å². The summed E-state index contributed by atoms with van der Waals surface area (Å²) in [4.78, 5) is 41.0. The number of hydrogen-bond donors (Lipinski definition) is 1. The number of benzene rings is 1. The third kappa shape index (κ3) is 7.32. The zero-order valence-corrected chi connectivity index (χ0v) is 21.6. The van der Waals surface area contributed by atoms with E-state index in [1.54, 1.807) is 36.6 Å². The van der Waals surface area contributed by atoms with Gasteiger partial charge in [-0.3, -0.25) is 9.59 Å². The summed E-state index contributed by atoms with van der Waals surface area (Å²) in [7, 11) is -4.11. The molecule has 12 nitrogen and oxygen atoms in total. The number of nitrogens with one attached hydrogen (secondary N) is 1. The minimum absolute atomic E-state index is 0.0755. The average Bonchev–Trinajstić information content (AvgIpc) is 3.35. The first-order valence-electron chi connectivity index (χ1n) is 11.0. The van der Waals surface area contributed by atoms with Crippen molar-refractivity contribution in [2.75, 3.05) is 36.6 Å². The van der Waals surface area contributed by atoms with Gasteiger partial charge in [0.2, 0.25) is 5.91 Å². The fourth-order valence-electron chi connectivity index (χ4n) is 3.20. The van der Waals surface area contributed by atoms with Crippen molar-refractivity contribution >= 4 is 55.0 Å². The van der Waals surface area contributed by atoms with E-state index < -0.39 is 39.1 Å². The van der Waals surface area contributed by atoms with E-state index in [1.807, 2.05) is 6.92 Å². The lowest BCUT2D eigenvalue weighted by Gasteiger charge is -2.06. The van der Waals surface area contributed by atoms with Crippen LogP contribution in [-0.4, -0.2) is 67.3 Å². The van der Waals surface area contributed by atoms with E-state index in [1.165, 1.54) is 6.07 Å². The smallest absolute Gasteiger partial charge is 0.338 e. The van der Waals surface area contributed by atoms with Crippen LogP contribution in [0.1, 0.15) is 30.0 Å². The molecule has 0 spiro atoms. The SMILES string of the molecule is CCOCCn1c(=NC(=O)CS(=O)(=O)CC(=O)Nc2cc(C)on2)sc2cc(C(=O)OCC)ccc21. The van der Waals surface area contributed by atoms with Gasteiger partial charge in [-0.15, -0.1) is 0 Å². The molecule has 0 saturated carbocycles. The van der Waals surface area contributed by atoms with Crippen molar-refractivity contribution < 1.29 is 36.8 Å². The number of fused-ring (bicyclic) bond motifs is 1. The molecular weight excluding hydrogens is 512 g/mol. The summed E-state index contributed by atoms with van der Waals surface area (Å²) in [6.45, 7) is 6.59. The Morgan fingerprint density at radius 2 is 1.94 bits per heavy atom. The molecule has 0 saturated heterocycles. The fourth-order valence-corrected chi connectivity index (χ4v) is 5.33. The molecule has 36 heavy (non-hydrogen) atoms. The second-order valence-corrected chi connectivity index (χ2v) is 10.6. The molecule has 0 aliphatic rings. The minimum atomic E-state index is -4.11. The van der Waals surface area contributed by atoms with Gasteiger partial charge < -0.3 is 23.9 Å². The largest absolute Gasteiger partial charge is 0.462 e. The Morgan fingerprint density at radius 3 is 2.61 bits per heavy atom. The Hall–Kier alpha value is -3.36. The molecule has 2 amide bonds. The molecule has 3 aromatic rings. The highest BCUT2D eigenvalue weighted by Crippen LogP contribution is 2.20. The van der Waals surface area contributed by atoms with Gasteiger partial charge in [0.05, 0.1) is 29.0 Å². The standard InChI is InChI=1S/C22H26N4O8S2/c1-4-32-9-8-26-16-7-6-15(21(29)33-5-2)11-17(16)35-22(26)24-20(28)13-36(30,31)12-19(27)23-18-10-14(3)34-25-18/h6-7,10-11H,4-5,8-9,12-13H2,1-3H3,(H,23,25,27).